The van der Waals surface area contributed by atoms with Gasteiger partial charge in [0.25, 0.3) is 0 Å². The number of hydrogen-bond donors (Lipinski definition) is 0. The van der Waals surface area contributed by atoms with Crippen LogP contribution in [0.3, 0.4) is 0 Å². The molecule has 0 saturated carbocycles. The number of benzene rings is 2. The van der Waals surface area contributed by atoms with Gasteiger partial charge in [-0.1, -0.05) is 6.07 Å². The van der Waals surface area contributed by atoms with Crippen molar-refractivity contribution in [2.75, 3.05) is 13.4 Å². The Bertz CT molecular complexity index is 1360. The molecule has 0 unspecified atom stereocenters. The molecule has 4 aromatic rings. The number of methoxy groups -OCH3 is 1. The van der Waals surface area contributed by atoms with Gasteiger partial charge in [-0.25, -0.2) is 13.1 Å². The molecular weight excluding hydrogens is 445 g/mol. The van der Waals surface area contributed by atoms with E-state index in [0.29, 0.717) is 22.6 Å². The zero-order valence-electron chi connectivity index (χ0n) is 16.9. The van der Waals surface area contributed by atoms with Crippen LogP contribution in [0.4, 0.5) is 13.2 Å². The number of sulfone groups is 1. The van der Waals surface area contributed by atoms with Gasteiger partial charge in [-0.15, -0.1) is 0 Å². The highest BCUT2D eigenvalue weighted by Crippen LogP contribution is 2.37. The molecular formula is C22H17F3N2O4S. The minimum absolute atomic E-state index is 0.0514. The van der Waals surface area contributed by atoms with Gasteiger partial charge in [0.15, 0.2) is 15.5 Å². The molecule has 4 rings (SSSR count). The zero-order chi connectivity index (χ0) is 23.1. The van der Waals surface area contributed by atoms with Crippen molar-refractivity contribution in [2.24, 2.45) is 0 Å². The molecule has 6 nitrogen and oxygen atoms in total. The van der Waals surface area contributed by atoms with Crippen molar-refractivity contribution in [1.82, 2.24) is 9.78 Å². The summed E-state index contributed by atoms with van der Waals surface area (Å²) < 4.78 is 75.7. The summed E-state index contributed by atoms with van der Waals surface area (Å²) in [6, 6.07) is 14.8. The standard InChI is InChI=1S/C22H17F3N2O4S/c1-30-20-12-14(5-10-17(20)19-4-3-11-31-19)18-13-21(22(23,24)25)26-27(18)15-6-8-16(9-7-15)32(2,28)29/h3-13H,1-2H3. The molecule has 0 radical (unpaired) electrons. The monoisotopic (exact) mass is 462 g/mol. The van der Waals surface area contributed by atoms with Crippen LogP contribution in [0.5, 0.6) is 5.75 Å². The van der Waals surface area contributed by atoms with Crippen molar-refractivity contribution in [3.05, 3.63) is 72.6 Å². The van der Waals surface area contributed by atoms with Gasteiger partial charge < -0.3 is 9.15 Å². The van der Waals surface area contributed by atoms with Gasteiger partial charge in [0.1, 0.15) is 11.5 Å². The second kappa shape index (κ2) is 7.86. The Balaban J connectivity index is 1.86. The predicted octanol–water partition coefficient (Wildman–Crippen LogP) is 5.23. The Hall–Kier alpha value is -3.53. The van der Waals surface area contributed by atoms with E-state index in [0.717, 1.165) is 17.0 Å². The van der Waals surface area contributed by atoms with E-state index in [1.807, 2.05) is 0 Å². The van der Waals surface area contributed by atoms with Crippen molar-refractivity contribution in [3.8, 4) is 34.0 Å². The lowest BCUT2D eigenvalue weighted by atomic mass is 10.1. The summed E-state index contributed by atoms with van der Waals surface area (Å²) in [5.41, 5.74) is 0.424. The maximum atomic E-state index is 13.4. The van der Waals surface area contributed by atoms with Crippen LogP contribution in [0.15, 0.2) is 76.2 Å². The van der Waals surface area contributed by atoms with Gasteiger partial charge in [-0.3, -0.25) is 0 Å². The zero-order valence-corrected chi connectivity index (χ0v) is 17.7. The Morgan fingerprint density at radius 1 is 1.03 bits per heavy atom. The molecule has 2 aromatic carbocycles. The first kappa shape index (κ1) is 21.7. The minimum atomic E-state index is -4.66. The van der Waals surface area contributed by atoms with Gasteiger partial charge in [-0.2, -0.15) is 18.3 Å². The van der Waals surface area contributed by atoms with Gasteiger partial charge >= 0.3 is 6.18 Å². The van der Waals surface area contributed by atoms with Crippen molar-refractivity contribution in [1.29, 1.82) is 0 Å². The fourth-order valence-electron chi connectivity index (χ4n) is 3.24. The van der Waals surface area contributed by atoms with E-state index >= 15 is 0 Å². The summed E-state index contributed by atoms with van der Waals surface area (Å²) in [5.74, 6) is 0.959. The normalized spacial score (nSPS) is 12.2. The second-order valence-corrected chi connectivity index (χ2v) is 9.00. The Morgan fingerprint density at radius 3 is 2.31 bits per heavy atom. The number of halogens is 3. The molecule has 0 bridgehead atoms. The summed E-state index contributed by atoms with van der Waals surface area (Å²) in [7, 11) is -2.00. The largest absolute Gasteiger partial charge is 0.496 e. The van der Waals surface area contributed by atoms with E-state index in [4.69, 9.17) is 9.15 Å². The fraction of sp³-hybridized carbons (Fsp3) is 0.136. The summed E-state index contributed by atoms with van der Waals surface area (Å²) >= 11 is 0. The van der Waals surface area contributed by atoms with Crippen molar-refractivity contribution in [2.45, 2.75) is 11.1 Å². The second-order valence-electron chi connectivity index (χ2n) is 6.98. The van der Waals surface area contributed by atoms with Gasteiger partial charge in [-0.05, 0) is 54.6 Å². The van der Waals surface area contributed by atoms with Crippen LogP contribution in [0.25, 0.3) is 28.3 Å². The van der Waals surface area contributed by atoms with Crippen molar-refractivity contribution >= 4 is 9.84 Å². The number of hydrogen-bond acceptors (Lipinski definition) is 5. The van der Waals surface area contributed by atoms with E-state index in [2.05, 4.69) is 5.10 Å². The molecule has 0 amide bonds. The molecule has 2 aromatic heterocycles. The first-order chi connectivity index (χ1) is 15.1. The topological polar surface area (TPSA) is 74.3 Å². The van der Waals surface area contributed by atoms with Crippen LogP contribution in [0.1, 0.15) is 5.69 Å². The van der Waals surface area contributed by atoms with E-state index in [9.17, 15) is 21.6 Å². The molecule has 0 spiro atoms. The van der Waals surface area contributed by atoms with Crippen molar-refractivity contribution < 1.29 is 30.7 Å². The van der Waals surface area contributed by atoms with Crippen LogP contribution >= 0.6 is 0 Å². The summed E-state index contributed by atoms with van der Waals surface area (Å²) in [5, 5.41) is 3.73. The predicted molar refractivity (Wildman–Crippen MR) is 111 cm³/mol. The summed E-state index contributed by atoms with van der Waals surface area (Å²) in [6.45, 7) is 0. The Kier molecular flexibility index (Phi) is 5.33. The van der Waals surface area contributed by atoms with Crippen LogP contribution in [0, 0.1) is 0 Å². The highest BCUT2D eigenvalue weighted by Gasteiger charge is 2.35. The van der Waals surface area contributed by atoms with Crippen LogP contribution in [0.2, 0.25) is 0 Å². The molecule has 0 aliphatic heterocycles. The lowest BCUT2D eigenvalue weighted by Gasteiger charge is -2.11. The number of nitrogens with zero attached hydrogens (tertiary/aromatic N) is 2. The molecule has 2 heterocycles. The molecule has 166 valence electrons. The average Bonchev–Trinajstić information content (AvgIpc) is 3.43. The number of ether oxygens (including phenoxy) is 1. The lowest BCUT2D eigenvalue weighted by molar-refractivity contribution is -0.141. The quantitative estimate of drug-likeness (QED) is 0.406. The third kappa shape index (κ3) is 4.13. The van der Waals surface area contributed by atoms with Gasteiger partial charge in [0.05, 0.1) is 35.2 Å². The molecule has 0 N–H and O–H groups in total. The Labute approximate surface area is 181 Å². The molecule has 10 heteroatoms. The SMILES string of the molecule is COc1cc(-c2cc(C(F)(F)F)nn2-c2ccc(S(C)(=O)=O)cc2)ccc1-c1ccco1. The smallest absolute Gasteiger partial charge is 0.435 e. The summed E-state index contributed by atoms with van der Waals surface area (Å²) in [4.78, 5) is 0.0514. The molecule has 0 saturated heterocycles. The van der Waals surface area contributed by atoms with Crippen LogP contribution in [-0.4, -0.2) is 31.6 Å². The third-order valence-corrected chi connectivity index (χ3v) is 5.92. The third-order valence-electron chi connectivity index (χ3n) is 4.79. The summed E-state index contributed by atoms with van der Waals surface area (Å²) in [6.07, 6.45) is -2.10. The molecule has 0 aliphatic carbocycles. The number of aromatic nitrogens is 2. The van der Waals surface area contributed by atoms with Crippen molar-refractivity contribution in [3.63, 3.8) is 0 Å². The van der Waals surface area contributed by atoms with E-state index in [1.54, 1.807) is 30.3 Å². The molecule has 0 atom stereocenters. The van der Waals surface area contributed by atoms with E-state index in [1.165, 1.54) is 37.6 Å². The molecule has 0 fully saturated rings. The minimum Gasteiger partial charge on any atom is -0.496 e. The Morgan fingerprint density at radius 2 is 1.75 bits per heavy atom. The molecule has 0 aliphatic rings. The molecule has 32 heavy (non-hydrogen) atoms. The van der Waals surface area contributed by atoms with E-state index in [-0.39, 0.29) is 16.3 Å². The van der Waals surface area contributed by atoms with Crippen LogP contribution < -0.4 is 4.74 Å². The first-order valence-electron chi connectivity index (χ1n) is 9.28. The van der Waals surface area contributed by atoms with E-state index < -0.39 is 21.7 Å². The number of furan rings is 1. The fourth-order valence-corrected chi connectivity index (χ4v) is 3.87. The number of alkyl halides is 3. The van der Waals surface area contributed by atoms with Crippen LogP contribution in [-0.2, 0) is 16.0 Å². The maximum Gasteiger partial charge on any atom is 0.435 e. The van der Waals surface area contributed by atoms with Gasteiger partial charge in [0, 0.05) is 11.8 Å². The average molecular weight is 462 g/mol. The maximum absolute atomic E-state index is 13.4. The number of rotatable bonds is 5. The van der Waals surface area contributed by atoms with Gasteiger partial charge in [0.2, 0.25) is 0 Å². The highest BCUT2D eigenvalue weighted by molar-refractivity contribution is 7.90. The lowest BCUT2D eigenvalue weighted by Crippen LogP contribution is -2.07. The highest BCUT2D eigenvalue weighted by atomic mass is 32.2. The first-order valence-corrected chi connectivity index (χ1v) is 11.2.